The Balaban J connectivity index is 1.96. The predicted molar refractivity (Wildman–Crippen MR) is 59.5 cm³/mol. The van der Waals surface area contributed by atoms with Crippen LogP contribution in [-0.2, 0) is 0 Å². The van der Waals surface area contributed by atoms with Gasteiger partial charge in [-0.05, 0) is 6.42 Å². The highest BCUT2D eigenvalue weighted by Crippen LogP contribution is 2.50. The van der Waals surface area contributed by atoms with Gasteiger partial charge in [-0.15, -0.1) is 0 Å². The molecule has 86 valence electrons. The van der Waals surface area contributed by atoms with Gasteiger partial charge < -0.3 is 5.11 Å². The van der Waals surface area contributed by atoms with Gasteiger partial charge in [0.05, 0.1) is 12.8 Å². The van der Waals surface area contributed by atoms with Gasteiger partial charge in [-0.2, -0.15) is 0 Å². The minimum atomic E-state index is -0.0854. The van der Waals surface area contributed by atoms with E-state index in [0.717, 1.165) is 32.8 Å². The fourth-order valence-electron chi connectivity index (χ4n) is 4.48. The fourth-order valence-corrected chi connectivity index (χ4v) is 4.48. The lowest BCUT2D eigenvalue weighted by molar-refractivity contribution is -0.233. The lowest BCUT2D eigenvalue weighted by Crippen LogP contribution is -2.76. The van der Waals surface area contributed by atoms with Gasteiger partial charge in [0.1, 0.15) is 0 Å². The van der Waals surface area contributed by atoms with Crippen molar-refractivity contribution in [2.45, 2.75) is 32.8 Å². The number of aliphatic hydroxyl groups excluding tert-OH is 1. The average molecular weight is 210 g/mol. The normalized spacial score (nSPS) is 57.4. The summed E-state index contributed by atoms with van der Waals surface area (Å²) >= 11 is 0. The predicted octanol–water partition coefficient (Wildman–Crippen LogP) is 0.742. The third kappa shape index (κ3) is 1.23. The Bertz CT molecular complexity index is 265. The molecule has 3 heteroatoms. The van der Waals surface area contributed by atoms with E-state index < -0.39 is 0 Å². The molecule has 0 radical (unpaired) electrons. The average Bonchev–Trinajstić information content (AvgIpc) is 2.13. The third-order valence-corrected chi connectivity index (χ3v) is 4.63. The summed E-state index contributed by atoms with van der Waals surface area (Å²) in [6.45, 7) is 10.1. The molecule has 0 saturated carbocycles. The van der Waals surface area contributed by atoms with E-state index in [1.807, 2.05) is 0 Å². The first-order valence-electron chi connectivity index (χ1n) is 6.21. The number of hydrogen-bond acceptors (Lipinski definition) is 3. The minimum absolute atomic E-state index is 0.0854. The summed E-state index contributed by atoms with van der Waals surface area (Å²) in [5.41, 5.74) is 0.308. The molecule has 2 unspecified atom stereocenters. The van der Waals surface area contributed by atoms with Crippen LogP contribution in [0, 0.1) is 10.8 Å². The van der Waals surface area contributed by atoms with E-state index in [1.165, 1.54) is 12.8 Å². The Hall–Kier alpha value is -0.120. The van der Waals surface area contributed by atoms with E-state index in [9.17, 15) is 5.11 Å². The summed E-state index contributed by atoms with van der Waals surface area (Å²) in [5.74, 6) is 0. The van der Waals surface area contributed by atoms with Crippen molar-refractivity contribution in [3.63, 3.8) is 0 Å². The highest BCUT2D eigenvalue weighted by atomic mass is 16.3. The monoisotopic (exact) mass is 210 g/mol. The standard InChI is InChI=1S/C12H22N2O/c1-3-4-12-7-13-5-11(2,10(12)15)6-14(8-12)9-13/h10,15H,3-9H2,1-2H3/t10-,11?,12?/m0/s1. The van der Waals surface area contributed by atoms with Crippen LogP contribution in [0.1, 0.15) is 26.7 Å². The van der Waals surface area contributed by atoms with E-state index in [0.29, 0.717) is 0 Å². The Kier molecular flexibility index (Phi) is 1.99. The van der Waals surface area contributed by atoms with Crippen LogP contribution in [0.3, 0.4) is 0 Å². The molecule has 4 aliphatic rings. The first-order chi connectivity index (χ1) is 7.08. The van der Waals surface area contributed by atoms with Crippen molar-refractivity contribution < 1.29 is 5.11 Å². The second-order valence-electron chi connectivity index (χ2n) is 6.28. The van der Waals surface area contributed by atoms with Gasteiger partial charge in [0.2, 0.25) is 0 Å². The molecule has 0 aromatic carbocycles. The van der Waals surface area contributed by atoms with Crippen molar-refractivity contribution in [1.29, 1.82) is 0 Å². The molecular weight excluding hydrogens is 188 g/mol. The first kappa shape index (κ1) is 10.1. The van der Waals surface area contributed by atoms with E-state index in [1.54, 1.807) is 0 Å². The number of aliphatic hydroxyl groups is 1. The molecule has 4 aliphatic heterocycles. The summed E-state index contributed by atoms with van der Waals surface area (Å²) in [6, 6.07) is 0. The lowest BCUT2D eigenvalue weighted by atomic mass is 9.59. The molecular formula is C12H22N2O. The van der Waals surface area contributed by atoms with Crippen LogP contribution in [0.2, 0.25) is 0 Å². The van der Waals surface area contributed by atoms with Crippen LogP contribution >= 0.6 is 0 Å². The number of nitrogens with zero attached hydrogens (tertiary/aromatic N) is 2. The van der Waals surface area contributed by atoms with Gasteiger partial charge in [-0.3, -0.25) is 9.80 Å². The highest BCUT2D eigenvalue weighted by molar-refractivity contribution is 5.11. The van der Waals surface area contributed by atoms with Gasteiger partial charge in [-0.1, -0.05) is 20.3 Å². The zero-order valence-electron chi connectivity index (χ0n) is 9.87. The number of piperidine rings is 2. The molecule has 4 heterocycles. The molecule has 0 spiro atoms. The lowest BCUT2D eigenvalue weighted by Gasteiger charge is -2.66. The zero-order valence-corrected chi connectivity index (χ0v) is 9.87. The van der Waals surface area contributed by atoms with Crippen LogP contribution in [0.4, 0.5) is 0 Å². The second kappa shape index (κ2) is 2.96. The maximum absolute atomic E-state index is 10.6. The third-order valence-electron chi connectivity index (χ3n) is 4.63. The van der Waals surface area contributed by atoms with Crippen molar-refractivity contribution in [2.75, 3.05) is 32.8 Å². The van der Waals surface area contributed by atoms with Crippen LogP contribution in [0.25, 0.3) is 0 Å². The van der Waals surface area contributed by atoms with E-state index in [2.05, 4.69) is 23.6 Å². The summed E-state index contributed by atoms with van der Waals surface area (Å²) in [6.07, 6.45) is 2.28. The van der Waals surface area contributed by atoms with Crippen molar-refractivity contribution >= 4 is 0 Å². The molecule has 0 amide bonds. The fraction of sp³-hybridized carbons (Fsp3) is 1.00. The van der Waals surface area contributed by atoms with E-state index in [-0.39, 0.29) is 16.9 Å². The molecule has 3 atom stereocenters. The first-order valence-corrected chi connectivity index (χ1v) is 6.21. The van der Waals surface area contributed by atoms with Gasteiger partial charge in [0.15, 0.2) is 0 Å². The maximum atomic E-state index is 10.6. The van der Waals surface area contributed by atoms with Crippen LogP contribution < -0.4 is 0 Å². The largest absolute Gasteiger partial charge is 0.392 e. The van der Waals surface area contributed by atoms with Gasteiger partial charge in [0, 0.05) is 37.0 Å². The van der Waals surface area contributed by atoms with Crippen molar-refractivity contribution in [3.05, 3.63) is 0 Å². The number of hydrogen-bond donors (Lipinski definition) is 1. The molecule has 1 N–H and O–H groups in total. The Morgan fingerprint density at radius 2 is 1.80 bits per heavy atom. The molecule has 0 aliphatic carbocycles. The van der Waals surface area contributed by atoms with Crippen LogP contribution in [0.15, 0.2) is 0 Å². The van der Waals surface area contributed by atoms with Crippen molar-refractivity contribution in [1.82, 2.24) is 9.80 Å². The Morgan fingerprint density at radius 1 is 1.20 bits per heavy atom. The highest BCUT2D eigenvalue weighted by Gasteiger charge is 2.60. The quantitative estimate of drug-likeness (QED) is 0.728. The SMILES string of the molecule is CCCC12CN3CN(CC(C)(C3)[C@@H]1O)C2. The minimum Gasteiger partial charge on any atom is -0.392 e. The zero-order chi connectivity index (χ0) is 10.7. The van der Waals surface area contributed by atoms with Gasteiger partial charge in [-0.25, -0.2) is 0 Å². The Morgan fingerprint density at radius 3 is 2.33 bits per heavy atom. The second-order valence-corrected chi connectivity index (χ2v) is 6.28. The molecule has 4 rings (SSSR count). The van der Waals surface area contributed by atoms with E-state index >= 15 is 0 Å². The topological polar surface area (TPSA) is 26.7 Å². The van der Waals surface area contributed by atoms with Crippen molar-refractivity contribution in [2.24, 2.45) is 10.8 Å². The molecule has 4 fully saturated rings. The molecule has 4 bridgehead atoms. The number of rotatable bonds is 2. The summed E-state index contributed by atoms with van der Waals surface area (Å²) in [4.78, 5) is 5.07. The molecule has 0 aromatic rings. The summed E-state index contributed by atoms with van der Waals surface area (Å²) in [5, 5.41) is 10.6. The van der Waals surface area contributed by atoms with Crippen LogP contribution in [0.5, 0.6) is 0 Å². The molecule has 3 nitrogen and oxygen atoms in total. The van der Waals surface area contributed by atoms with E-state index in [4.69, 9.17) is 0 Å². The summed E-state index contributed by atoms with van der Waals surface area (Å²) < 4.78 is 0. The smallest absolute Gasteiger partial charge is 0.0699 e. The summed E-state index contributed by atoms with van der Waals surface area (Å²) in [7, 11) is 0. The van der Waals surface area contributed by atoms with Gasteiger partial charge in [0.25, 0.3) is 0 Å². The Labute approximate surface area is 92.1 Å². The molecule has 15 heavy (non-hydrogen) atoms. The molecule has 4 saturated heterocycles. The molecule has 0 aromatic heterocycles. The van der Waals surface area contributed by atoms with Crippen molar-refractivity contribution in [3.8, 4) is 0 Å². The van der Waals surface area contributed by atoms with Crippen LogP contribution in [-0.4, -0.2) is 53.9 Å². The maximum Gasteiger partial charge on any atom is 0.0699 e. The van der Waals surface area contributed by atoms with Gasteiger partial charge >= 0.3 is 0 Å².